The molecule has 0 aliphatic carbocycles. The van der Waals surface area contributed by atoms with E-state index in [0.717, 1.165) is 38.2 Å². The highest BCUT2D eigenvalue weighted by molar-refractivity contribution is 5.94. The SMILES string of the molecule is O=C(CCNC(=O)c1ccc(F)cc1F)NCCCN1CCCCCC1. The van der Waals surface area contributed by atoms with Gasteiger partial charge in [-0.15, -0.1) is 0 Å². The molecule has 144 valence electrons. The van der Waals surface area contributed by atoms with Crippen molar-refractivity contribution in [2.24, 2.45) is 0 Å². The van der Waals surface area contributed by atoms with E-state index in [1.165, 1.54) is 25.7 Å². The Labute approximate surface area is 153 Å². The summed E-state index contributed by atoms with van der Waals surface area (Å²) in [6.45, 7) is 3.98. The van der Waals surface area contributed by atoms with Crippen LogP contribution in [-0.2, 0) is 4.79 Å². The largest absolute Gasteiger partial charge is 0.356 e. The van der Waals surface area contributed by atoms with Gasteiger partial charge in [0.15, 0.2) is 0 Å². The number of carbonyl (C=O) groups excluding carboxylic acids is 2. The van der Waals surface area contributed by atoms with Crippen LogP contribution in [0.5, 0.6) is 0 Å². The zero-order valence-corrected chi connectivity index (χ0v) is 15.0. The first-order valence-electron chi connectivity index (χ1n) is 9.28. The van der Waals surface area contributed by atoms with E-state index in [2.05, 4.69) is 15.5 Å². The molecule has 26 heavy (non-hydrogen) atoms. The summed E-state index contributed by atoms with van der Waals surface area (Å²) < 4.78 is 26.3. The summed E-state index contributed by atoms with van der Waals surface area (Å²) in [6, 6.07) is 2.77. The molecule has 7 heteroatoms. The monoisotopic (exact) mass is 367 g/mol. The predicted octanol–water partition coefficient (Wildman–Crippen LogP) is 2.47. The van der Waals surface area contributed by atoms with Gasteiger partial charge in [-0.25, -0.2) is 8.78 Å². The number of carbonyl (C=O) groups is 2. The van der Waals surface area contributed by atoms with Crippen LogP contribution in [-0.4, -0.2) is 49.4 Å². The molecule has 0 radical (unpaired) electrons. The Morgan fingerprint density at radius 2 is 1.73 bits per heavy atom. The summed E-state index contributed by atoms with van der Waals surface area (Å²) in [5.41, 5.74) is -0.232. The molecule has 1 aliphatic rings. The molecule has 1 aromatic carbocycles. The number of amides is 2. The topological polar surface area (TPSA) is 61.4 Å². The minimum Gasteiger partial charge on any atom is -0.356 e. The van der Waals surface area contributed by atoms with Gasteiger partial charge in [0.25, 0.3) is 5.91 Å². The summed E-state index contributed by atoms with van der Waals surface area (Å²) in [7, 11) is 0. The number of likely N-dealkylation sites (tertiary alicyclic amines) is 1. The van der Waals surface area contributed by atoms with Gasteiger partial charge in [0.1, 0.15) is 11.6 Å². The van der Waals surface area contributed by atoms with E-state index in [1.54, 1.807) is 0 Å². The van der Waals surface area contributed by atoms with Crippen LogP contribution in [0.1, 0.15) is 48.9 Å². The highest BCUT2D eigenvalue weighted by Gasteiger charge is 2.13. The third-order valence-electron chi connectivity index (χ3n) is 4.49. The number of halogens is 2. The molecule has 1 aliphatic heterocycles. The van der Waals surface area contributed by atoms with Gasteiger partial charge < -0.3 is 15.5 Å². The lowest BCUT2D eigenvalue weighted by Crippen LogP contribution is -2.33. The minimum absolute atomic E-state index is 0.105. The van der Waals surface area contributed by atoms with Gasteiger partial charge in [0.2, 0.25) is 5.91 Å². The predicted molar refractivity (Wildman–Crippen MR) is 95.8 cm³/mol. The molecule has 1 fully saturated rings. The quantitative estimate of drug-likeness (QED) is 0.694. The van der Waals surface area contributed by atoms with Crippen molar-refractivity contribution < 1.29 is 18.4 Å². The number of nitrogens with zero attached hydrogens (tertiary/aromatic N) is 1. The summed E-state index contributed by atoms with van der Waals surface area (Å²) in [4.78, 5) is 26.0. The molecule has 0 bridgehead atoms. The van der Waals surface area contributed by atoms with E-state index in [9.17, 15) is 18.4 Å². The van der Waals surface area contributed by atoms with Gasteiger partial charge in [-0.2, -0.15) is 0 Å². The highest BCUT2D eigenvalue weighted by Crippen LogP contribution is 2.10. The normalized spacial score (nSPS) is 15.3. The maximum Gasteiger partial charge on any atom is 0.254 e. The third kappa shape index (κ3) is 7.07. The Bertz CT molecular complexity index is 602. The molecule has 2 rings (SSSR count). The van der Waals surface area contributed by atoms with Crippen LogP contribution in [0.25, 0.3) is 0 Å². The van der Waals surface area contributed by atoms with Crippen molar-refractivity contribution in [3.8, 4) is 0 Å². The van der Waals surface area contributed by atoms with Crippen LogP contribution in [0.3, 0.4) is 0 Å². The van der Waals surface area contributed by atoms with E-state index in [-0.39, 0.29) is 24.4 Å². The minimum atomic E-state index is -0.916. The van der Waals surface area contributed by atoms with Crippen molar-refractivity contribution >= 4 is 11.8 Å². The standard InChI is InChI=1S/C19H27F2N3O2/c20-15-6-7-16(17(21)14-15)19(26)23-10-8-18(25)22-9-5-13-24-11-3-1-2-4-12-24/h6-7,14H,1-5,8-13H2,(H,22,25)(H,23,26). The molecular weight excluding hydrogens is 340 g/mol. The van der Waals surface area contributed by atoms with Crippen molar-refractivity contribution in [3.63, 3.8) is 0 Å². The molecule has 1 aromatic rings. The first-order chi connectivity index (χ1) is 12.6. The second-order valence-corrected chi connectivity index (χ2v) is 6.59. The number of hydrogen-bond donors (Lipinski definition) is 2. The van der Waals surface area contributed by atoms with Gasteiger partial charge in [-0.3, -0.25) is 9.59 Å². The first-order valence-corrected chi connectivity index (χ1v) is 9.28. The fraction of sp³-hybridized carbons (Fsp3) is 0.579. The molecular formula is C19H27F2N3O2. The Kier molecular flexibility index (Phi) is 8.47. The molecule has 0 unspecified atom stereocenters. The molecule has 0 aromatic heterocycles. The maximum atomic E-state index is 13.5. The van der Waals surface area contributed by atoms with Crippen molar-refractivity contribution in [2.45, 2.75) is 38.5 Å². The highest BCUT2D eigenvalue weighted by atomic mass is 19.1. The summed E-state index contributed by atoms with van der Waals surface area (Å²) in [5.74, 6) is -2.46. The van der Waals surface area contributed by atoms with Crippen LogP contribution in [0.4, 0.5) is 8.78 Å². The van der Waals surface area contributed by atoms with Gasteiger partial charge in [0.05, 0.1) is 5.56 Å². The lowest BCUT2D eigenvalue weighted by molar-refractivity contribution is -0.120. The molecule has 1 saturated heterocycles. The van der Waals surface area contributed by atoms with E-state index in [1.807, 2.05) is 0 Å². The maximum absolute atomic E-state index is 13.5. The van der Waals surface area contributed by atoms with Gasteiger partial charge in [-0.05, 0) is 51.0 Å². The second kappa shape index (κ2) is 10.9. The lowest BCUT2D eigenvalue weighted by atomic mass is 10.2. The summed E-state index contributed by atoms with van der Waals surface area (Å²) in [6.07, 6.45) is 6.14. The summed E-state index contributed by atoms with van der Waals surface area (Å²) >= 11 is 0. The van der Waals surface area contributed by atoms with Gasteiger partial charge >= 0.3 is 0 Å². The van der Waals surface area contributed by atoms with Crippen molar-refractivity contribution in [3.05, 3.63) is 35.4 Å². The van der Waals surface area contributed by atoms with Crippen molar-refractivity contribution in [1.82, 2.24) is 15.5 Å². The van der Waals surface area contributed by atoms with E-state index < -0.39 is 17.5 Å². The van der Waals surface area contributed by atoms with Crippen molar-refractivity contribution in [1.29, 1.82) is 0 Å². The molecule has 1 heterocycles. The Morgan fingerprint density at radius 1 is 1.00 bits per heavy atom. The van der Waals surface area contributed by atoms with Gasteiger partial charge in [-0.1, -0.05) is 12.8 Å². The average molecular weight is 367 g/mol. The van der Waals surface area contributed by atoms with Crippen LogP contribution < -0.4 is 10.6 Å². The Hall–Kier alpha value is -2.02. The molecule has 2 N–H and O–H groups in total. The molecule has 5 nitrogen and oxygen atoms in total. The molecule has 0 saturated carbocycles. The Morgan fingerprint density at radius 3 is 2.42 bits per heavy atom. The zero-order valence-electron chi connectivity index (χ0n) is 15.0. The van der Waals surface area contributed by atoms with Crippen LogP contribution in [0, 0.1) is 11.6 Å². The number of benzene rings is 1. The first kappa shape index (κ1) is 20.3. The fourth-order valence-electron chi connectivity index (χ4n) is 3.04. The van der Waals surface area contributed by atoms with E-state index in [0.29, 0.717) is 12.6 Å². The average Bonchev–Trinajstić information content (AvgIpc) is 2.87. The summed E-state index contributed by atoms with van der Waals surface area (Å²) in [5, 5.41) is 5.30. The van der Waals surface area contributed by atoms with Crippen molar-refractivity contribution in [2.75, 3.05) is 32.7 Å². The molecule has 0 spiro atoms. The second-order valence-electron chi connectivity index (χ2n) is 6.59. The Balaban J connectivity index is 1.57. The van der Waals surface area contributed by atoms with Crippen LogP contribution in [0.15, 0.2) is 18.2 Å². The third-order valence-corrected chi connectivity index (χ3v) is 4.49. The van der Waals surface area contributed by atoms with Crippen LogP contribution in [0.2, 0.25) is 0 Å². The number of hydrogen-bond acceptors (Lipinski definition) is 3. The molecule has 2 amide bonds. The van der Waals surface area contributed by atoms with E-state index >= 15 is 0 Å². The number of rotatable bonds is 8. The van der Waals surface area contributed by atoms with Crippen LogP contribution >= 0.6 is 0 Å². The van der Waals surface area contributed by atoms with Gasteiger partial charge in [0, 0.05) is 25.6 Å². The van der Waals surface area contributed by atoms with E-state index in [4.69, 9.17) is 0 Å². The zero-order chi connectivity index (χ0) is 18.8. The number of nitrogens with one attached hydrogen (secondary N) is 2. The fourth-order valence-corrected chi connectivity index (χ4v) is 3.04. The smallest absolute Gasteiger partial charge is 0.254 e. The lowest BCUT2D eigenvalue weighted by Gasteiger charge is -2.19. The molecule has 0 atom stereocenters.